The summed E-state index contributed by atoms with van der Waals surface area (Å²) in [6.45, 7) is -0.122. The van der Waals surface area contributed by atoms with Crippen LogP contribution in [0.25, 0.3) is 0 Å². The van der Waals surface area contributed by atoms with Gasteiger partial charge in [-0.3, -0.25) is 14.5 Å². The fourth-order valence-corrected chi connectivity index (χ4v) is 4.08. The number of hydrogen-bond donors (Lipinski definition) is 3. The highest BCUT2D eigenvalue weighted by atomic mass is 32.2. The summed E-state index contributed by atoms with van der Waals surface area (Å²) in [5, 5.41) is 8.42. The molecule has 1 aliphatic heterocycles. The fraction of sp³-hybridized carbons (Fsp3) is 0.192. The number of hydrogen-bond acceptors (Lipinski definition) is 5. The second-order valence-corrected chi connectivity index (χ2v) is 8.85. The smallest absolute Gasteiger partial charge is 0.323 e. The fourth-order valence-electron chi connectivity index (χ4n) is 3.61. The number of benzene rings is 3. The Hall–Kier alpha value is -3.98. The maximum absolute atomic E-state index is 13.1. The lowest BCUT2D eigenvalue weighted by atomic mass is 10.2. The van der Waals surface area contributed by atoms with Crippen LogP contribution in [0.3, 0.4) is 0 Å². The number of nitrogens with zero attached hydrogens (tertiary/aromatic N) is 1. The van der Waals surface area contributed by atoms with Gasteiger partial charge in [0.1, 0.15) is 24.1 Å². The van der Waals surface area contributed by atoms with Crippen LogP contribution in [0, 0.1) is 0 Å². The van der Waals surface area contributed by atoms with Crippen molar-refractivity contribution in [3.8, 4) is 11.5 Å². The number of carbonyl (C=O) groups excluding carboxylic acids is 3. The average Bonchev–Trinajstić information content (AvgIpc) is 2.87. The predicted octanol–water partition coefficient (Wildman–Crippen LogP) is 4.71. The Bertz CT molecular complexity index is 1190. The quantitative estimate of drug-likeness (QED) is 0.425. The lowest BCUT2D eigenvalue weighted by molar-refractivity contribution is -0.118. The Kier molecular flexibility index (Phi) is 7.89. The predicted molar refractivity (Wildman–Crippen MR) is 139 cm³/mol. The maximum atomic E-state index is 13.1. The van der Waals surface area contributed by atoms with E-state index in [9.17, 15) is 14.4 Å². The van der Waals surface area contributed by atoms with Gasteiger partial charge in [-0.05, 0) is 67.0 Å². The number of anilines is 3. The Labute approximate surface area is 208 Å². The van der Waals surface area contributed by atoms with Crippen molar-refractivity contribution in [1.82, 2.24) is 5.32 Å². The minimum Gasteiger partial charge on any atom is -0.457 e. The Morgan fingerprint density at radius 3 is 2.43 bits per heavy atom. The molecule has 1 unspecified atom stereocenters. The number of nitrogens with one attached hydrogen (secondary N) is 3. The number of carbonyl (C=O) groups is 3. The van der Waals surface area contributed by atoms with Crippen molar-refractivity contribution in [3.05, 3.63) is 78.9 Å². The molecule has 8 nitrogen and oxygen atoms in total. The van der Waals surface area contributed by atoms with Crippen molar-refractivity contribution in [2.24, 2.45) is 0 Å². The summed E-state index contributed by atoms with van der Waals surface area (Å²) in [7, 11) is 0. The van der Waals surface area contributed by atoms with Gasteiger partial charge >= 0.3 is 6.03 Å². The van der Waals surface area contributed by atoms with E-state index < -0.39 is 12.1 Å². The molecule has 4 amide bonds. The third kappa shape index (κ3) is 6.33. The standard InChI is InChI=1S/C26H26N4O4S/c1-35-16-15-22(29-26(33)30-17-24(31)28-21-9-5-6-10-23(21)30)25(32)27-18-11-13-20(14-12-18)34-19-7-3-2-4-8-19/h2-14,22H,15-17H2,1H3,(H,27,32)(H,28,31)(H,29,33). The lowest BCUT2D eigenvalue weighted by Gasteiger charge is -2.30. The van der Waals surface area contributed by atoms with Crippen LogP contribution >= 0.6 is 11.8 Å². The van der Waals surface area contributed by atoms with Gasteiger partial charge in [0.25, 0.3) is 0 Å². The van der Waals surface area contributed by atoms with Gasteiger partial charge in [0.05, 0.1) is 11.4 Å². The summed E-state index contributed by atoms with van der Waals surface area (Å²) < 4.78 is 5.79. The molecule has 35 heavy (non-hydrogen) atoms. The molecule has 0 fully saturated rings. The highest BCUT2D eigenvalue weighted by molar-refractivity contribution is 7.98. The summed E-state index contributed by atoms with van der Waals surface area (Å²) in [5.74, 6) is 1.42. The zero-order valence-corrected chi connectivity index (χ0v) is 20.0. The lowest BCUT2D eigenvalue weighted by Crippen LogP contribution is -2.53. The van der Waals surface area contributed by atoms with Gasteiger partial charge in [0, 0.05) is 5.69 Å². The zero-order chi connectivity index (χ0) is 24.6. The second-order valence-electron chi connectivity index (χ2n) is 7.86. The van der Waals surface area contributed by atoms with E-state index in [0.29, 0.717) is 35.0 Å². The molecule has 3 aromatic rings. The van der Waals surface area contributed by atoms with E-state index >= 15 is 0 Å². The molecule has 0 aromatic heterocycles. The van der Waals surface area contributed by atoms with Crippen LogP contribution in [-0.2, 0) is 9.59 Å². The highest BCUT2D eigenvalue weighted by Crippen LogP contribution is 2.29. The molecule has 0 radical (unpaired) electrons. The molecule has 1 aliphatic rings. The van der Waals surface area contributed by atoms with Gasteiger partial charge in [-0.1, -0.05) is 30.3 Å². The Morgan fingerprint density at radius 1 is 1.00 bits per heavy atom. The maximum Gasteiger partial charge on any atom is 0.323 e. The number of amides is 4. The SMILES string of the molecule is CSCCC(NC(=O)N1CC(=O)Nc2ccccc21)C(=O)Nc1ccc(Oc2ccccc2)cc1. The van der Waals surface area contributed by atoms with Crippen LogP contribution in [0.15, 0.2) is 78.9 Å². The molecule has 4 rings (SSSR count). The normalized spacial score (nSPS) is 13.3. The van der Waals surface area contributed by atoms with E-state index in [1.165, 1.54) is 4.90 Å². The van der Waals surface area contributed by atoms with Crippen molar-refractivity contribution in [2.45, 2.75) is 12.5 Å². The number of urea groups is 1. The first-order chi connectivity index (χ1) is 17.0. The van der Waals surface area contributed by atoms with Crippen LogP contribution in [0.5, 0.6) is 11.5 Å². The monoisotopic (exact) mass is 490 g/mol. The van der Waals surface area contributed by atoms with Crippen LogP contribution < -0.4 is 25.6 Å². The van der Waals surface area contributed by atoms with Crippen molar-refractivity contribution < 1.29 is 19.1 Å². The van der Waals surface area contributed by atoms with E-state index in [1.54, 1.807) is 60.3 Å². The largest absolute Gasteiger partial charge is 0.457 e. The Balaban J connectivity index is 1.42. The summed E-state index contributed by atoms with van der Waals surface area (Å²) in [6, 6.07) is 22.2. The van der Waals surface area contributed by atoms with Gasteiger partial charge in [-0.2, -0.15) is 11.8 Å². The molecule has 1 atom stereocenters. The van der Waals surface area contributed by atoms with Crippen molar-refractivity contribution in [3.63, 3.8) is 0 Å². The van der Waals surface area contributed by atoms with Gasteiger partial charge in [-0.25, -0.2) is 4.79 Å². The molecular weight excluding hydrogens is 464 g/mol. The van der Waals surface area contributed by atoms with E-state index in [0.717, 1.165) is 5.75 Å². The van der Waals surface area contributed by atoms with Gasteiger partial charge in [0.15, 0.2) is 0 Å². The van der Waals surface area contributed by atoms with Crippen LogP contribution in [0.4, 0.5) is 21.9 Å². The first kappa shape index (κ1) is 24.2. The molecular formula is C26H26N4O4S. The van der Waals surface area contributed by atoms with E-state index in [4.69, 9.17) is 4.74 Å². The van der Waals surface area contributed by atoms with Gasteiger partial charge in [-0.15, -0.1) is 0 Å². The number of ether oxygens (including phenoxy) is 1. The summed E-state index contributed by atoms with van der Waals surface area (Å²) >= 11 is 1.58. The molecule has 9 heteroatoms. The minimum absolute atomic E-state index is 0.122. The summed E-state index contributed by atoms with van der Waals surface area (Å²) in [5.41, 5.74) is 1.73. The van der Waals surface area contributed by atoms with Crippen molar-refractivity contribution >= 4 is 46.7 Å². The molecule has 180 valence electrons. The van der Waals surface area contributed by atoms with E-state index in [1.807, 2.05) is 36.6 Å². The molecule has 0 bridgehead atoms. The first-order valence-electron chi connectivity index (χ1n) is 11.1. The topological polar surface area (TPSA) is 99.8 Å². The molecule has 0 spiro atoms. The number of para-hydroxylation sites is 3. The van der Waals surface area contributed by atoms with Crippen LogP contribution in [0.1, 0.15) is 6.42 Å². The third-order valence-corrected chi connectivity index (χ3v) is 5.99. The number of fused-ring (bicyclic) bond motifs is 1. The summed E-state index contributed by atoms with van der Waals surface area (Å²) in [4.78, 5) is 39.6. The van der Waals surface area contributed by atoms with Gasteiger partial charge < -0.3 is 20.7 Å². The zero-order valence-electron chi connectivity index (χ0n) is 19.2. The van der Waals surface area contributed by atoms with Crippen molar-refractivity contribution in [2.75, 3.05) is 34.1 Å². The van der Waals surface area contributed by atoms with Gasteiger partial charge in [0.2, 0.25) is 11.8 Å². The van der Waals surface area contributed by atoms with Crippen molar-refractivity contribution in [1.29, 1.82) is 0 Å². The molecule has 0 aliphatic carbocycles. The molecule has 0 saturated heterocycles. The Morgan fingerprint density at radius 2 is 1.69 bits per heavy atom. The molecule has 3 aromatic carbocycles. The van der Waals surface area contributed by atoms with E-state index in [-0.39, 0.29) is 18.4 Å². The van der Waals surface area contributed by atoms with E-state index in [2.05, 4.69) is 16.0 Å². The van der Waals surface area contributed by atoms with Crippen LogP contribution in [0.2, 0.25) is 0 Å². The highest BCUT2D eigenvalue weighted by Gasteiger charge is 2.29. The minimum atomic E-state index is -0.771. The molecule has 1 heterocycles. The number of rotatable bonds is 8. The average molecular weight is 491 g/mol. The summed E-state index contributed by atoms with van der Waals surface area (Å²) in [6.07, 6.45) is 2.38. The first-order valence-corrected chi connectivity index (χ1v) is 12.5. The number of thioether (sulfide) groups is 1. The second kappa shape index (κ2) is 11.4. The third-order valence-electron chi connectivity index (χ3n) is 5.34. The molecule has 0 saturated carbocycles. The van der Waals surface area contributed by atoms with Crippen LogP contribution in [-0.4, -0.2) is 42.4 Å². The molecule has 3 N–H and O–H groups in total.